The number of benzene rings is 1. The number of nitrogens with one attached hydrogen (secondary N) is 1. The lowest BCUT2D eigenvalue weighted by atomic mass is 9.89. The summed E-state index contributed by atoms with van der Waals surface area (Å²) in [6.07, 6.45) is 2.97. The Morgan fingerprint density at radius 3 is 2.68 bits per heavy atom. The molecule has 0 aromatic heterocycles. The van der Waals surface area contributed by atoms with Crippen molar-refractivity contribution in [2.75, 3.05) is 18.2 Å². The molecule has 0 radical (unpaired) electrons. The van der Waals surface area contributed by atoms with Crippen LogP contribution in [-0.4, -0.2) is 33.4 Å². The maximum Gasteiger partial charge on any atom is 0.175 e. The second-order valence-corrected chi connectivity index (χ2v) is 6.82. The number of ether oxygens (including phenoxy) is 1. The van der Waals surface area contributed by atoms with Gasteiger partial charge in [-0.1, -0.05) is 0 Å². The molecular weight excluding hydrogens is 269 g/mol. The van der Waals surface area contributed by atoms with Crippen molar-refractivity contribution in [1.82, 2.24) is 0 Å². The fraction of sp³-hybridized carbons (Fsp3) is 0.538. The van der Waals surface area contributed by atoms with Crippen molar-refractivity contribution in [2.45, 2.75) is 36.8 Å². The minimum atomic E-state index is -3.32. The van der Waals surface area contributed by atoms with Gasteiger partial charge in [-0.2, -0.15) is 0 Å². The summed E-state index contributed by atoms with van der Waals surface area (Å²) in [4.78, 5) is 0.122. The highest BCUT2D eigenvalue weighted by atomic mass is 32.2. The van der Waals surface area contributed by atoms with Gasteiger partial charge in [-0.15, -0.1) is 0 Å². The van der Waals surface area contributed by atoms with Crippen molar-refractivity contribution < 1.29 is 17.5 Å². The molecule has 4 nitrogen and oxygen atoms in total. The van der Waals surface area contributed by atoms with Gasteiger partial charge >= 0.3 is 0 Å². The molecule has 1 aliphatic carbocycles. The number of anilines is 1. The molecule has 2 rings (SSSR count). The van der Waals surface area contributed by atoms with Gasteiger partial charge in [0.15, 0.2) is 9.84 Å². The van der Waals surface area contributed by atoms with Crippen LogP contribution in [0.25, 0.3) is 0 Å². The molecule has 0 atom stereocenters. The Kier molecular flexibility index (Phi) is 4.10. The number of sulfone groups is 1. The summed E-state index contributed by atoms with van der Waals surface area (Å²) in [6, 6.07) is 3.94. The van der Waals surface area contributed by atoms with Gasteiger partial charge in [0.1, 0.15) is 5.82 Å². The van der Waals surface area contributed by atoms with Crippen molar-refractivity contribution in [3.05, 3.63) is 24.0 Å². The van der Waals surface area contributed by atoms with E-state index < -0.39 is 15.7 Å². The topological polar surface area (TPSA) is 55.4 Å². The van der Waals surface area contributed by atoms with E-state index in [1.807, 2.05) is 6.92 Å². The highest BCUT2D eigenvalue weighted by Crippen LogP contribution is 2.28. The van der Waals surface area contributed by atoms with Crippen LogP contribution in [0.2, 0.25) is 0 Å². The normalized spacial score (nSPS) is 22.9. The number of hydrogen-bond donors (Lipinski definition) is 1. The maximum absolute atomic E-state index is 13.6. The Morgan fingerprint density at radius 1 is 1.42 bits per heavy atom. The molecule has 6 heteroatoms. The number of hydrogen-bond acceptors (Lipinski definition) is 4. The van der Waals surface area contributed by atoms with Crippen LogP contribution in [0, 0.1) is 5.82 Å². The lowest BCUT2D eigenvalue weighted by Gasteiger charge is -2.36. The zero-order valence-electron chi connectivity index (χ0n) is 11.0. The fourth-order valence-corrected chi connectivity index (χ4v) is 2.77. The third-order valence-electron chi connectivity index (χ3n) is 3.22. The van der Waals surface area contributed by atoms with Crippen molar-refractivity contribution in [3.8, 4) is 0 Å². The molecule has 1 aliphatic rings. The summed E-state index contributed by atoms with van der Waals surface area (Å²) >= 11 is 0. The molecule has 0 aliphatic heterocycles. The van der Waals surface area contributed by atoms with Crippen LogP contribution < -0.4 is 5.32 Å². The number of halogens is 1. The van der Waals surface area contributed by atoms with Gasteiger partial charge in [-0.05, 0) is 38.0 Å². The van der Waals surface area contributed by atoms with Gasteiger partial charge in [0.05, 0.1) is 16.7 Å². The molecule has 1 saturated carbocycles. The van der Waals surface area contributed by atoms with Gasteiger partial charge in [0.25, 0.3) is 0 Å². The van der Waals surface area contributed by atoms with Crippen LogP contribution in [0.4, 0.5) is 10.1 Å². The first-order chi connectivity index (χ1) is 8.90. The van der Waals surface area contributed by atoms with Crippen molar-refractivity contribution in [3.63, 3.8) is 0 Å². The van der Waals surface area contributed by atoms with E-state index in [1.54, 1.807) is 0 Å². The molecule has 0 bridgehead atoms. The van der Waals surface area contributed by atoms with Gasteiger partial charge < -0.3 is 10.1 Å². The van der Waals surface area contributed by atoms with E-state index in [9.17, 15) is 12.8 Å². The predicted molar refractivity (Wildman–Crippen MR) is 71.6 cm³/mol. The zero-order valence-corrected chi connectivity index (χ0v) is 11.8. The summed E-state index contributed by atoms with van der Waals surface area (Å²) < 4.78 is 41.9. The van der Waals surface area contributed by atoms with Crippen molar-refractivity contribution >= 4 is 15.5 Å². The number of rotatable bonds is 5. The molecule has 1 aromatic rings. The average molecular weight is 287 g/mol. The van der Waals surface area contributed by atoms with Gasteiger partial charge in [-0.3, -0.25) is 0 Å². The molecular formula is C13H18FNO3S. The summed E-state index contributed by atoms with van der Waals surface area (Å²) in [7, 11) is -3.32. The van der Waals surface area contributed by atoms with Gasteiger partial charge in [0, 0.05) is 18.9 Å². The van der Waals surface area contributed by atoms with Crippen LogP contribution in [0.3, 0.4) is 0 Å². The lowest BCUT2D eigenvalue weighted by Crippen LogP contribution is -2.41. The molecule has 1 N–H and O–H groups in total. The standard InChI is InChI=1S/C13H18FNO3S/c1-3-18-10-6-9(7-10)15-13-8-11(19(2,16)17)4-5-12(13)14/h4-5,8-10,15H,3,6-7H2,1-2H3. The quantitative estimate of drug-likeness (QED) is 0.844. The Morgan fingerprint density at radius 2 is 2.11 bits per heavy atom. The Balaban J connectivity index is 2.05. The van der Waals surface area contributed by atoms with Crippen LogP contribution in [0.15, 0.2) is 23.1 Å². The van der Waals surface area contributed by atoms with Crippen LogP contribution in [0.1, 0.15) is 19.8 Å². The summed E-state index contributed by atoms with van der Waals surface area (Å²) in [5.41, 5.74) is 0.239. The van der Waals surface area contributed by atoms with E-state index in [0.717, 1.165) is 19.1 Å². The molecule has 0 unspecified atom stereocenters. The predicted octanol–water partition coefficient (Wildman–Crippen LogP) is 2.21. The molecule has 0 amide bonds. The summed E-state index contributed by atoms with van der Waals surface area (Å²) in [5.74, 6) is -0.438. The highest BCUT2D eigenvalue weighted by molar-refractivity contribution is 7.90. The average Bonchev–Trinajstić information content (AvgIpc) is 2.27. The molecule has 0 heterocycles. The lowest BCUT2D eigenvalue weighted by molar-refractivity contribution is 0.00293. The Hall–Kier alpha value is -1.14. The second-order valence-electron chi connectivity index (χ2n) is 4.80. The largest absolute Gasteiger partial charge is 0.380 e. The monoisotopic (exact) mass is 287 g/mol. The first kappa shape index (κ1) is 14.3. The van der Waals surface area contributed by atoms with E-state index in [2.05, 4.69) is 5.32 Å². The summed E-state index contributed by atoms with van der Waals surface area (Å²) in [6.45, 7) is 2.62. The fourth-order valence-electron chi connectivity index (χ4n) is 2.12. The third-order valence-corrected chi connectivity index (χ3v) is 4.33. The molecule has 19 heavy (non-hydrogen) atoms. The van der Waals surface area contributed by atoms with E-state index in [4.69, 9.17) is 4.74 Å². The first-order valence-electron chi connectivity index (χ1n) is 6.28. The van der Waals surface area contributed by atoms with E-state index >= 15 is 0 Å². The van der Waals surface area contributed by atoms with Crippen molar-refractivity contribution in [1.29, 1.82) is 0 Å². The van der Waals surface area contributed by atoms with E-state index in [-0.39, 0.29) is 22.7 Å². The molecule has 1 fully saturated rings. The molecule has 106 valence electrons. The van der Waals surface area contributed by atoms with Crippen LogP contribution >= 0.6 is 0 Å². The first-order valence-corrected chi connectivity index (χ1v) is 8.17. The Labute approximate surface area is 112 Å². The Bertz CT molecular complexity index is 553. The van der Waals surface area contributed by atoms with E-state index in [1.165, 1.54) is 18.2 Å². The smallest absolute Gasteiger partial charge is 0.175 e. The van der Waals surface area contributed by atoms with Gasteiger partial charge in [0.2, 0.25) is 0 Å². The maximum atomic E-state index is 13.6. The second kappa shape index (κ2) is 5.46. The SMILES string of the molecule is CCOC1CC(Nc2cc(S(C)(=O)=O)ccc2F)C1. The minimum Gasteiger partial charge on any atom is -0.380 e. The van der Waals surface area contributed by atoms with Gasteiger partial charge in [-0.25, -0.2) is 12.8 Å². The van der Waals surface area contributed by atoms with E-state index in [0.29, 0.717) is 6.61 Å². The molecule has 0 spiro atoms. The van der Waals surface area contributed by atoms with Crippen LogP contribution in [0.5, 0.6) is 0 Å². The zero-order chi connectivity index (χ0) is 14.0. The minimum absolute atomic E-state index is 0.122. The molecule has 1 aromatic carbocycles. The molecule has 0 saturated heterocycles. The summed E-state index contributed by atoms with van der Waals surface area (Å²) in [5, 5.41) is 3.03. The van der Waals surface area contributed by atoms with Crippen molar-refractivity contribution in [2.24, 2.45) is 0 Å². The van der Waals surface area contributed by atoms with Crippen LogP contribution in [-0.2, 0) is 14.6 Å². The third kappa shape index (κ3) is 3.45. The highest BCUT2D eigenvalue weighted by Gasteiger charge is 2.30.